The molecule has 0 bridgehead atoms. The van der Waals surface area contributed by atoms with Gasteiger partial charge in [-0.2, -0.15) is 5.26 Å². The molecule has 1 saturated heterocycles. The second-order valence-corrected chi connectivity index (χ2v) is 6.71. The van der Waals surface area contributed by atoms with Crippen LogP contribution in [-0.4, -0.2) is 60.5 Å². The predicted molar refractivity (Wildman–Crippen MR) is 98.7 cm³/mol. The molecule has 1 aromatic rings. The average molecular weight is 372 g/mol. The summed E-state index contributed by atoms with van der Waals surface area (Å²) in [4.78, 5) is 40.4. The normalized spacial score (nSPS) is 14.3. The molecule has 27 heavy (non-hydrogen) atoms. The number of benzene rings is 1. The van der Waals surface area contributed by atoms with Crippen LogP contribution in [0.3, 0.4) is 0 Å². The quantitative estimate of drug-likeness (QED) is 0.812. The Kier molecular flexibility index (Phi) is 6.40. The van der Waals surface area contributed by atoms with Crippen LogP contribution in [0.4, 0.5) is 10.5 Å². The van der Waals surface area contributed by atoms with Crippen LogP contribution < -0.4 is 5.32 Å². The van der Waals surface area contributed by atoms with Crippen LogP contribution in [0, 0.1) is 16.7 Å². The van der Waals surface area contributed by atoms with Crippen LogP contribution in [0.1, 0.15) is 26.3 Å². The van der Waals surface area contributed by atoms with Crippen LogP contribution in [0.25, 0.3) is 0 Å². The number of hydrogen-bond donors (Lipinski definition) is 1. The lowest BCUT2D eigenvalue weighted by atomic mass is 9.89. The number of para-hydroxylation sites is 1. The first-order chi connectivity index (χ1) is 12.8. The minimum atomic E-state index is -1.31. The first-order valence-electron chi connectivity index (χ1n) is 8.83. The summed E-state index contributed by atoms with van der Waals surface area (Å²) in [5.74, 6) is -0.805. The zero-order valence-corrected chi connectivity index (χ0v) is 15.8. The standard InChI is InChI=1S/C19H24N4O4/c1-4-27-18(26)23-11-9-22(10-12-23)17(25)19(2,3)16(24)21-15-8-6-5-7-14(15)13-20/h5-8H,4,9-12H2,1-3H3,(H,21,24). The van der Waals surface area contributed by atoms with Gasteiger partial charge in [0.1, 0.15) is 11.5 Å². The molecule has 1 aliphatic rings. The summed E-state index contributed by atoms with van der Waals surface area (Å²) < 4.78 is 4.96. The molecule has 0 unspecified atom stereocenters. The second kappa shape index (κ2) is 8.54. The number of nitrogens with one attached hydrogen (secondary N) is 1. The molecule has 8 nitrogen and oxygen atoms in total. The van der Waals surface area contributed by atoms with Crippen molar-refractivity contribution in [3.63, 3.8) is 0 Å². The molecule has 2 rings (SSSR count). The van der Waals surface area contributed by atoms with Crippen molar-refractivity contribution in [2.24, 2.45) is 5.41 Å². The van der Waals surface area contributed by atoms with Gasteiger partial charge in [0.2, 0.25) is 11.8 Å². The van der Waals surface area contributed by atoms with Crippen LogP contribution >= 0.6 is 0 Å². The number of carbonyl (C=O) groups excluding carboxylic acids is 3. The maximum absolute atomic E-state index is 12.9. The Morgan fingerprint density at radius 2 is 1.74 bits per heavy atom. The molecule has 0 aliphatic carbocycles. The molecule has 0 radical (unpaired) electrons. The van der Waals surface area contributed by atoms with Gasteiger partial charge in [0.15, 0.2) is 0 Å². The molecule has 1 heterocycles. The first-order valence-corrected chi connectivity index (χ1v) is 8.83. The molecule has 1 fully saturated rings. The van der Waals surface area contributed by atoms with E-state index < -0.39 is 17.4 Å². The van der Waals surface area contributed by atoms with E-state index in [1.54, 1.807) is 54.8 Å². The highest BCUT2D eigenvalue weighted by Gasteiger charge is 2.40. The molecule has 3 amide bonds. The molecule has 1 aromatic carbocycles. The third-order valence-corrected chi connectivity index (χ3v) is 4.49. The fraction of sp³-hybridized carbons (Fsp3) is 0.474. The van der Waals surface area contributed by atoms with E-state index in [4.69, 9.17) is 10.00 Å². The summed E-state index contributed by atoms with van der Waals surface area (Å²) in [6.45, 7) is 6.54. The van der Waals surface area contributed by atoms with Crippen molar-refractivity contribution in [2.75, 3.05) is 38.1 Å². The molecular formula is C19H24N4O4. The van der Waals surface area contributed by atoms with Crippen molar-refractivity contribution in [3.8, 4) is 6.07 Å². The van der Waals surface area contributed by atoms with Crippen molar-refractivity contribution < 1.29 is 19.1 Å². The van der Waals surface area contributed by atoms with Gasteiger partial charge in [-0.05, 0) is 32.9 Å². The van der Waals surface area contributed by atoms with Crippen LogP contribution in [0.5, 0.6) is 0 Å². The van der Waals surface area contributed by atoms with E-state index in [9.17, 15) is 14.4 Å². The second-order valence-electron chi connectivity index (χ2n) is 6.71. The van der Waals surface area contributed by atoms with Gasteiger partial charge in [-0.3, -0.25) is 9.59 Å². The molecular weight excluding hydrogens is 348 g/mol. The van der Waals surface area contributed by atoms with Crippen LogP contribution in [-0.2, 0) is 14.3 Å². The number of amides is 3. The minimum absolute atomic E-state index is 0.301. The molecule has 8 heteroatoms. The maximum atomic E-state index is 12.9. The smallest absolute Gasteiger partial charge is 0.409 e. The van der Waals surface area contributed by atoms with E-state index in [0.717, 1.165) is 0 Å². The molecule has 0 spiro atoms. The van der Waals surface area contributed by atoms with Gasteiger partial charge in [-0.25, -0.2) is 4.79 Å². The molecule has 144 valence electrons. The van der Waals surface area contributed by atoms with Crippen molar-refractivity contribution >= 4 is 23.6 Å². The van der Waals surface area contributed by atoms with E-state index in [2.05, 4.69) is 5.32 Å². The van der Waals surface area contributed by atoms with E-state index in [0.29, 0.717) is 44.0 Å². The lowest BCUT2D eigenvalue weighted by molar-refractivity contribution is -0.147. The average Bonchev–Trinajstić information content (AvgIpc) is 2.68. The number of nitriles is 1. The Bertz CT molecular complexity index is 761. The van der Waals surface area contributed by atoms with E-state index in [1.807, 2.05) is 6.07 Å². The van der Waals surface area contributed by atoms with Crippen molar-refractivity contribution in [1.82, 2.24) is 9.80 Å². The number of anilines is 1. The van der Waals surface area contributed by atoms with Crippen LogP contribution in [0.15, 0.2) is 24.3 Å². The van der Waals surface area contributed by atoms with Crippen LogP contribution in [0.2, 0.25) is 0 Å². The van der Waals surface area contributed by atoms with Gasteiger partial charge in [0.25, 0.3) is 0 Å². The molecule has 0 aromatic heterocycles. The van der Waals surface area contributed by atoms with E-state index in [-0.39, 0.29) is 5.91 Å². The minimum Gasteiger partial charge on any atom is -0.450 e. The predicted octanol–water partition coefficient (Wildman–Crippen LogP) is 1.82. The Morgan fingerprint density at radius 1 is 1.15 bits per heavy atom. The topological polar surface area (TPSA) is 103 Å². The highest BCUT2D eigenvalue weighted by Crippen LogP contribution is 2.24. The van der Waals surface area contributed by atoms with Gasteiger partial charge >= 0.3 is 6.09 Å². The molecule has 0 atom stereocenters. The molecule has 1 aliphatic heterocycles. The highest BCUT2D eigenvalue weighted by molar-refractivity contribution is 6.10. The zero-order chi connectivity index (χ0) is 20.0. The number of rotatable bonds is 4. The summed E-state index contributed by atoms with van der Waals surface area (Å²) in [7, 11) is 0. The summed E-state index contributed by atoms with van der Waals surface area (Å²) in [5.41, 5.74) is -0.607. The third-order valence-electron chi connectivity index (χ3n) is 4.49. The number of nitrogens with zero attached hydrogens (tertiary/aromatic N) is 3. The first kappa shape index (κ1) is 20.2. The lowest BCUT2D eigenvalue weighted by Crippen LogP contribution is -2.55. The van der Waals surface area contributed by atoms with Crippen molar-refractivity contribution in [2.45, 2.75) is 20.8 Å². The molecule has 0 saturated carbocycles. The highest BCUT2D eigenvalue weighted by atomic mass is 16.6. The summed E-state index contributed by atoms with van der Waals surface area (Å²) >= 11 is 0. The Morgan fingerprint density at radius 3 is 2.33 bits per heavy atom. The van der Waals surface area contributed by atoms with E-state index in [1.165, 1.54) is 0 Å². The maximum Gasteiger partial charge on any atom is 0.409 e. The van der Waals surface area contributed by atoms with Crippen molar-refractivity contribution in [3.05, 3.63) is 29.8 Å². The molecule has 1 N–H and O–H groups in total. The zero-order valence-electron chi connectivity index (χ0n) is 15.8. The SMILES string of the molecule is CCOC(=O)N1CCN(C(=O)C(C)(C)C(=O)Nc2ccccc2C#N)CC1. The van der Waals surface area contributed by atoms with Gasteiger partial charge < -0.3 is 19.9 Å². The largest absolute Gasteiger partial charge is 0.450 e. The third kappa shape index (κ3) is 4.56. The van der Waals surface area contributed by atoms with Gasteiger partial charge in [0, 0.05) is 26.2 Å². The van der Waals surface area contributed by atoms with Gasteiger partial charge in [-0.15, -0.1) is 0 Å². The lowest BCUT2D eigenvalue weighted by Gasteiger charge is -2.37. The fourth-order valence-corrected chi connectivity index (χ4v) is 2.77. The van der Waals surface area contributed by atoms with Gasteiger partial charge in [-0.1, -0.05) is 12.1 Å². The Labute approximate surface area is 158 Å². The fourth-order valence-electron chi connectivity index (χ4n) is 2.77. The Balaban J connectivity index is 2.01. The summed E-state index contributed by atoms with van der Waals surface area (Å²) in [6, 6.07) is 8.64. The van der Waals surface area contributed by atoms with Crippen molar-refractivity contribution in [1.29, 1.82) is 5.26 Å². The Hall–Kier alpha value is -3.08. The number of carbonyl (C=O) groups is 3. The number of piperazine rings is 1. The number of hydrogen-bond acceptors (Lipinski definition) is 5. The number of ether oxygens (including phenoxy) is 1. The van der Waals surface area contributed by atoms with Gasteiger partial charge in [0.05, 0.1) is 17.9 Å². The summed E-state index contributed by atoms with van der Waals surface area (Å²) in [5, 5.41) is 11.8. The van der Waals surface area contributed by atoms with E-state index >= 15 is 0 Å². The summed E-state index contributed by atoms with van der Waals surface area (Å²) in [6.07, 6.45) is -0.394. The monoisotopic (exact) mass is 372 g/mol.